The lowest BCUT2D eigenvalue weighted by molar-refractivity contribution is 0.568. The van der Waals surface area contributed by atoms with Crippen molar-refractivity contribution < 1.29 is 4.42 Å². The molecule has 6 rings (SSSR count). The summed E-state index contributed by atoms with van der Waals surface area (Å²) in [7, 11) is 3.97. The number of fused-ring (bicyclic) bond motifs is 2. The number of aromatic amines is 2. The predicted molar refractivity (Wildman–Crippen MR) is 122 cm³/mol. The Morgan fingerprint density at radius 2 is 1.88 bits per heavy atom. The summed E-state index contributed by atoms with van der Waals surface area (Å²) in [5, 5.41) is 8.49. The first kappa shape index (κ1) is 18.3. The molecule has 0 saturated heterocycles. The molecule has 0 unspecified atom stereocenters. The molecule has 9 nitrogen and oxygen atoms in total. The van der Waals surface area contributed by atoms with Gasteiger partial charge in [0.2, 0.25) is 0 Å². The highest BCUT2D eigenvalue weighted by atomic mass is 16.3. The third-order valence-electron chi connectivity index (χ3n) is 5.40. The molecule has 0 aliphatic rings. The van der Waals surface area contributed by atoms with Crippen molar-refractivity contribution in [2.45, 2.75) is 0 Å². The third-order valence-corrected chi connectivity index (χ3v) is 5.40. The lowest BCUT2D eigenvalue weighted by Gasteiger charge is -2.12. The molecule has 6 aromatic rings. The number of aromatic nitrogens is 7. The second-order valence-electron chi connectivity index (χ2n) is 7.67. The van der Waals surface area contributed by atoms with Crippen LogP contribution in [0.25, 0.3) is 56.0 Å². The number of nitrogens with one attached hydrogen (secondary N) is 2. The second-order valence-corrected chi connectivity index (χ2v) is 7.67. The summed E-state index contributed by atoms with van der Waals surface area (Å²) in [5.41, 5.74) is 7.57. The van der Waals surface area contributed by atoms with Gasteiger partial charge in [0.1, 0.15) is 16.9 Å². The van der Waals surface area contributed by atoms with Crippen LogP contribution in [-0.2, 0) is 0 Å². The van der Waals surface area contributed by atoms with Gasteiger partial charge in [-0.25, -0.2) is 4.98 Å². The zero-order chi connectivity index (χ0) is 21.7. The maximum Gasteiger partial charge on any atom is 0.159 e. The number of hydrogen-bond donors (Lipinski definition) is 2. The minimum Gasteiger partial charge on any atom is -0.472 e. The second kappa shape index (κ2) is 7.02. The zero-order valence-corrected chi connectivity index (χ0v) is 17.4. The average molecular weight is 422 g/mol. The van der Waals surface area contributed by atoms with Gasteiger partial charge in [-0.05, 0) is 24.3 Å². The monoisotopic (exact) mass is 422 g/mol. The molecule has 0 amide bonds. The zero-order valence-electron chi connectivity index (χ0n) is 17.4. The molecule has 0 saturated carbocycles. The summed E-state index contributed by atoms with van der Waals surface area (Å²) in [6.45, 7) is 0. The van der Waals surface area contributed by atoms with Crippen LogP contribution in [0.3, 0.4) is 0 Å². The van der Waals surface area contributed by atoms with Gasteiger partial charge in [0.15, 0.2) is 5.82 Å². The first-order chi connectivity index (χ1) is 15.7. The van der Waals surface area contributed by atoms with Gasteiger partial charge in [-0.3, -0.25) is 20.1 Å². The SMILES string of the molecule is CN(C)c1cncc(-c2cc3c(-c4nc5c(-c6ccoc6)nccc5[nH]4)n[nH]c3cn2)c1. The van der Waals surface area contributed by atoms with Crippen molar-refractivity contribution in [3.8, 4) is 34.0 Å². The molecule has 0 aromatic carbocycles. The van der Waals surface area contributed by atoms with Crippen LogP contribution >= 0.6 is 0 Å². The van der Waals surface area contributed by atoms with Crippen molar-refractivity contribution >= 4 is 27.6 Å². The van der Waals surface area contributed by atoms with Crippen molar-refractivity contribution in [2.24, 2.45) is 0 Å². The molecular formula is C23H18N8O. The summed E-state index contributed by atoms with van der Waals surface area (Å²) in [6.07, 6.45) is 10.5. The van der Waals surface area contributed by atoms with Crippen LogP contribution in [0.1, 0.15) is 0 Å². The van der Waals surface area contributed by atoms with E-state index in [0.717, 1.165) is 55.8 Å². The number of hydrogen-bond acceptors (Lipinski definition) is 7. The smallest absolute Gasteiger partial charge is 0.159 e. The molecular weight excluding hydrogens is 404 g/mol. The van der Waals surface area contributed by atoms with Crippen molar-refractivity contribution in [1.29, 1.82) is 0 Å². The molecule has 6 aromatic heterocycles. The fourth-order valence-corrected chi connectivity index (χ4v) is 3.73. The van der Waals surface area contributed by atoms with Crippen molar-refractivity contribution in [3.05, 3.63) is 61.6 Å². The van der Waals surface area contributed by atoms with E-state index < -0.39 is 0 Å². The summed E-state index contributed by atoms with van der Waals surface area (Å²) >= 11 is 0. The molecule has 9 heteroatoms. The van der Waals surface area contributed by atoms with E-state index in [1.54, 1.807) is 24.9 Å². The standard InChI is InChI=1S/C23H18N8O/c1-31(2)15-7-14(9-24-10-15)18-8-16-19(11-26-18)29-30-21(16)23-27-17-3-5-25-20(22(17)28-23)13-4-6-32-12-13/h3-12H,1-2H3,(H,27,28)(H,29,30). The van der Waals surface area contributed by atoms with Gasteiger partial charge in [-0.2, -0.15) is 5.10 Å². The van der Waals surface area contributed by atoms with Crippen LogP contribution in [0.4, 0.5) is 5.69 Å². The fraction of sp³-hybridized carbons (Fsp3) is 0.0870. The quantitative estimate of drug-likeness (QED) is 0.436. The summed E-state index contributed by atoms with van der Waals surface area (Å²) in [6, 6.07) is 7.83. The number of H-pyrrole nitrogens is 2. The van der Waals surface area contributed by atoms with Crippen LogP contribution in [0, 0.1) is 0 Å². The minimum atomic E-state index is 0.654. The van der Waals surface area contributed by atoms with Gasteiger partial charge in [0, 0.05) is 43.0 Å². The summed E-state index contributed by atoms with van der Waals surface area (Å²) in [5.74, 6) is 0.654. The first-order valence-corrected chi connectivity index (χ1v) is 10.0. The van der Waals surface area contributed by atoms with E-state index in [-0.39, 0.29) is 0 Å². The number of imidazole rings is 1. The van der Waals surface area contributed by atoms with Crippen molar-refractivity contribution in [1.82, 2.24) is 35.1 Å². The van der Waals surface area contributed by atoms with E-state index in [1.807, 2.05) is 49.6 Å². The highest BCUT2D eigenvalue weighted by Crippen LogP contribution is 2.32. The molecule has 2 N–H and O–H groups in total. The van der Waals surface area contributed by atoms with E-state index >= 15 is 0 Å². The molecule has 0 bridgehead atoms. The van der Waals surface area contributed by atoms with Crippen LogP contribution in [0.2, 0.25) is 0 Å². The van der Waals surface area contributed by atoms with E-state index in [4.69, 9.17) is 9.40 Å². The first-order valence-electron chi connectivity index (χ1n) is 10.0. The van der Waals surface area contributed by atoms with Crippen LogP contribution in [-0.4, -0.2) is 49.2 Å². The molecule has 32 heavy (non-hydrogen) atoms. The number of furan rings is 1. The molecule has 0 fully saturated rings. The molecule has 6 heterocycles. The van der Waals surface area contributed by atoms with Crippen LogP contribution in [0.15, 0.2) is 66.0 Å². The third kappa shape index (κ3) is 2.90. The van der Waals surface area contributed by atoms with Crippen LogP contribution < -0.4 is 4.90 Å². The molecule has 0 atom stereocenters. The van der Waals surface area contributed by atoms with Gasteiger partial charge >= 0.3 is 0 Å². The predicted octanol–water partition coefficient (Wildman–Crippen LogP) is 4.28. The Hall–Kier alpha value is -4.53. The topological polar surface area (TPSA) is 112 Å². The maximum absolute atomic E-state index is 5.22. The normalized spacial score (nSPS) is 11.4. The van der Waals surface area contributed by atoms with Crippen LogP contribution in [0.5, 0.6) is 0 Å². The maximum atomic E-state index is 5.22. The highest BCUT2D eigenvalue weighted by Gasteiger charge is 2.17. The molecule has 156 valence electrons. The Morgan fingerprint density at radius 3 is 2.72 bits per heavy atom. The van der Waals surface area contributed by atoms with Crippen molar-refractivity contribution in [2.75, 3.05) is 19.0 Å². The lowest BCUT2D eigenvalue weighted by Crippen LogP contribution is -2.08. The lowest BCUT2D eigenvalue weighted by atomic mass is 10.1. The highest BCUT2D eigenvalue weighted by molar-refractivity contribution is 5.96. The van der Waals surface area contributed by atoms with Gasteiger partial charge in [0.05, 0.1) is 47.3 Å². The fourth-order valence-electron chi connectivity index (χ4n) is 3.73. The Bertz CT molecular complexity index is 1560. The van der Waals surface area contributed by atoms with Gasteiger partial charge in [0.25, 0.3) is 0 Å². The van der Waals surface area contributed by atoms with Gasteiger partial charge in [-0.15, -0.1) is 0 Å². The van der Waals surface area contributed by atoms with Crippen molar-refractivity contribution in [3.63, 3.8) is 0 Å². The van der Waals surface area contributed by atoms with Gasteiger partial charge < -0.3 is 14.3 Å². The summed E-state index contributed by atoms with van der Waals surface area (Å²) < 4.78 is 5.22. The molecule has 0 spiro atoms. The number of anilines is 1. The Labute approximate surface area is 182 Å². The number of pyridine rings is 3. The van der Waals surface area contributed by atoms with E-state index in [2.05, 4.69) is 36.2 Å². The van der Waals surface area contributed by atoms with E-state index in [9.17, 15) is 0 Å². The Morgan fingerprint density at radius 1 is 0.938 bits per heavy atom. The molecule has 0 radical (unpaired) electrons. The number of nitrogens with zero attached hydrogens (tertiary/aromatic N) is 6. The minimum absolute atomic E-state index is 0.654. The van der Waals surface area contributed by atoms with E-state index in [1.165, 1.54) is 0 Å². The van der Waals surface area contributed by atoms with E-state index in [0.29, 0.717) is 5.82 Å². The largest absolute Gasteiger partial charge is 0.472 e. The average Bonchev–Trinajstić information content (AvgIpc) is 3.57. The molecule has 0 aliphatic carbocycles. The summed E-state index contributed by atoms with van der Waals surface area (Å²) in [4.78, 5) is 23.6. The van der Waals surface area contributed by atoms with Gasteiger partial charge in [-0.1, -0.05) is 0 Å². The Kier molecular flexibility index (Phi) is 4.00. The molecule has 0 aliphatic heterocycles. The number of rotatable bonds is 4. The Balaban J connectivity index is 1.49.